The molecule has 1 heterocycles. The van der Waals surface area contributed by atoms with Crippen LogP contribution < -0.4 is 5.32 Å². The highest BCUT2D eigenvalue weighted by Crippen LogP contribution is 2.23. The van der Waals surface area contributed by atoms with Crippen molar-refractivity contribution in [2.24, 2.45) is 0 Å². The van der Waals surface area contributed by atoms with Gasteiger partial charge in [-0.05, 0) is 42.2 Å². The average Bonchev–Trinajstić information content (AvgIpc) is 2.38. The van der Waals surface area contributed by atoms with Crippen LogP contribution in [0.4, 0.5) is 5.82 Å². The van der Waals surface area contributed by atoms with E-state index in [1.807, 2.05) is 7.05 Å². The zero-order chi connectivity index (χ0) is 13.0. The molecule has 0 unspecified atom stereocenters. The molecule has 0 aliphatic carbocycles. The Balaban J connectivity index is 2.49. The van der Waals surface area contributed by atoms with Crippen LogP contribution in [0, 0.1) is 0 Å². The van der Waals surface area contributed by atoms with E-state index in [2.05, 4.69) is 43.4 Å². The predicted octanol–water partition coefficient (Wildman–Crippen LogP) is 4.18. The van der Waals surface area contributed by atoms with E-state index in [0.29, 0.717) is 0 Å². The van der Waals surface area contributed by atoms with Crippen molar-refractivity contribution in [3.8, 4) is 0 Å². The lowest BCUT2D eigenvalue weighted by Gasteiger charge is -2.10. The highest BCUT2D eigenvalue weighted by Gasteiger charge is 2.05. The molecule has 0 amide bonds. The van der Waals surface area contributed by atoms with Crippen LogP contribution >= 0.6 is 0 Å². The van der Waals surface area contributed by atoms with Crippen molar-refractivity contribution in [2.75, 3.05) is 12.4 Å². The summed E-state index contributed by atoms with van der Waals surface area (Å²) in [5, 5.41) is 4.47. The van der Waals surface area contributed by atoms with Gasteiger partial charge in [0.25, 0.3) is 0 Å². The molecule has 1 aromatic heterocycles. The zero-order valence-electron chi connectivity index (χ0n) is 11.6. The van der Waals surface area contributed by atoms with Gasteiger partial charge in [-0.15, -0.1) is 0 Å². The van der Waals surface area contributed by atoms with Crippen molar-refractivity contribution >= 4 is 16.7 Å². The molecular weight excluding hydrogens is 220 g/mol. The van der Waals surface area contributed by atoms with Crippen LogP contribution in [-0.4, -0.2) is 12.0 Å². The fourth-order valence-electron chi connectivity index (χ4n) is 2.39. The normalized spacial score (nSPS) is 10.8. The summed E-state index contributed by atoms with van der Waals surface area (Å²) in [6.45, 7) is 4.42. The van der Waals surface area contributed by atoms with Crippen LogP contribution in [0.3, 0.4) is 0 Å². The van der Waals surface area contributed by atoms with Gasteiger partial charge in [0, 0.05) is 12.4 Å². The molecule has 96 valence electrons. The van der Waals surface area contributed by atoms with Gasteiger partial charge in [-0.1, -0.05) is 32.8 Å². The summed E-state index contributed by atoms with van der Waals surface area (Å²) >= 11 is 0. The third-order valence-corrected chi connectivity index (χ3v) is 3.25. The summed E-state index contributed by atoms with van der Waals surface area (Å²) in [5.74, 6) is 1.02. The standard InChI is InChI=1S/C16H22N2/c1-4-6-12-8-9-15-14(10-12)11-13(7-5-2)16(17-3)18-15/h8-11H,4-7H2,1-3H3,(H,17,18). The molecule has 1 aromatic carbocycles. The lowest BCUT2D eigenvalue weighted by atomic mass is 10.0. The Kier molecular flexibility index (Phi) is 4.19. The number of benzene rings is 1. The molecule has 0 radical (unpaired) electrons. The summed E-state index contributed by atoms with van der Waals surface area (Å²) < 4.78 is 0. The second kappa shape index (κ2) is 5.85. The van der Waals surface area contributed by atoms with Gasteiger partial charge in [-0.25, -0.2) is 4.98 Å². The first-order valence-electron chi connectivity index (χ1n) is 6.88. The molecule has 0 fully saturated rings. The SMILES string of the molecule is CCCc1ccc2nc(NC)c(CCC)cc2c1. The summed E-state index contributed by atoms with van der Waals surface area (Å²) in [7, 11) is 1.94. The monoisotopic (exact) mass is 242 g/mol. The Bertz CT molecular complexity index is 532. The number of nitrogens with one attached hydrogen (secondary N) is 1. The molecule has 0 saturated carbocycles. The number of rotatable bonds is 5. The Morgan fingerprint density at radius 3 is 2.50 bits per heavy atom. The molecule has 2 rings (SSSR count). The number of nitrogens with zero attached hydrogens (tertiary/aromatic N) is 1. The van der Waals surface area contributed by atoms with Gasteiger partial charge in [-0.3, -0.25) is 0 Å². The Morgan fingerprint density at radius 1 is 1.06 bits per heavy atom. The predicted molar refractivity (Wildman–Crippen MR) is 79.3 cm³/mol. The number of anilines is 1. The minimum Gasteiger partial charge on any atom is -0.373 e. The number of aromatic nitrogens is 1. The molecule has 0 saturated heterocycles. The molecule has 0 atom stereocenters. The number of pyridine rings is 1. The zero-order valence-corrected chi connectivity index (χ0v) is 11.6. The Hall–Kier alpha value is -1.57. The van der Waals surface area contributed by atoms with Crippen LogP contribution in [0.2, 0.25) is 0 Å². The summed E-state index contributed by atoms with van der Waals surface area (Å²) in [5.41, 5.74) is 3.81. The Labute approximate surface area is 109 Å². The molecule has 0 aliphatic heterocycles. The van der Waals surface area contributed by atoms with Crippen LogP contribution in [0.5, 0.6) is 0 Å². The molecule has 18 heavy (non-hydrogen) atoms. The Morgan fingerprint density at radius 2 is 1.83 bits per heavy atom. The van der Waals surface area contributed by atoms with Gasteiger partial charge in [0.05, 0.1) is 5.52 Å². The number of aryl methyl sites for hydroxylation is 2. The lowest BCUT2D eigenvalue weighted by molar-refractivity contribution is 0.916. The molecule has 0 aliphatic rings. The molecule has 0 spiro atoms. The minimum atomic E-state index is 1.02. The quantitative estimate of drug-likeness (QED) is 0.850. The summed E-state index contributed by atoms with van der Waals surface area (Å²) in [4.78, 5) is 4.70. The van der Waals surface area contributed by atoms with E-state index in [1.165, 1.54) is 22.9 Å². The van der Waals surface area contributed by atoms with Gasteiger partial charge >= 0.3 is 0 Å². The van der Waals surface area contributed by atoms with Crippen molar-refractivity contribution in [3.05, 3.63) is 35.4 Å². The van der Waals surface area contributed by atoms with Crippen molar-refractivity contribution in [1.82, 2.24) is 4.98 Å². The first-order chi connectivity index (χ1) is 8.78. The third kappa shape index (κ3) is 2.63. The van der Waals surface area contributed by atoms with Gasteiger partial charge in [0.15, 0.2) is 0 Å². The van der Waals surface area contributed by atoms with Crippen molar-refractivity contribution in [3.63, 3.8) is 0 Å². The maximum absolute atomic E-state index is 4.70. The molecule has 2 aromatic rings. The first-order valence-corrected chi connectivity index (χ1v) is 6.88. The van der Waals surface area contributed by atoms with Gasteiger partial charge in [-0.2, -0.15) is 0 Å². The first kappa shape index (κ1) is 12.9. The van der Waals surface area contributed by atoms with E-state index in [4.69, 9.17) is 4.98 Å². The van der Waals surface area contributed by atoms with Crippen LogP contribution in [0.1, 0.15) is 37.8 Å². The van der Waals surface area contributed by atoms with E-state index in [-0.39, 0.29) is 0 Å². The third-order valence-electron chi connectivity index (χ3n) is 3.25. The van der Waals surface area contributed by atoms with Crippen LogP contribution in [0.25, 0.3) is 10.9 Å². The molecule has 1 N–H and O–H groups in total. The number of hydrogen-bond donors (Lipinski definition) is 1. The van der Waals surface area contributed by atoms with Gasteiger partial charge < -0.3 is 5.32 Å². The van der Waals surface area contributed by atoms with Gasteiger partial charge in [0.1, 0.15) is 5.82 Å². The second-order valence-electron chi connectivity index (χ2n) is 4.77. The lowest BCUT2D eigenvalue weighted by Crippen LogP contribution is -1.99. The van der Waals surface area contributed by atoms with E-state index in [0.717, 1.165) is 30.6 Å². The second-order valence-corrected chi connectivity index (χ2v) is 4.77. The fourth-order valence-corrected chi connectivity index (χ4v) is 2.39. The largest absolute Gasteiger partial charge is 0.373 e. The highest BCUT2D eigenvalue weighted by molar-refractivity contribution is 5.82. The molecular formula is C16H22N2. The van der Waals surface area contributed by atoms with Crippen LogP contribution in [-0.2, 0) is 12.8 Å². The topological polar surface area (TPSA) is 24.9 Å². The van der Waals surface area contributed by atoms with Crippen molar-refractivity contribution in [1.29, 1.82) is 0 Å². The summed E-state index contributed by atoms with van der Waals surface area (Å²) in [6, 6.07) is 8.90. The molecule has 0 bridgehead atoms. The van der Waals surface area contributed by atoms with E-state index < -0.39 is 0 Å². The van der Waals surface area contributed by atoms with Crippen LogP contribution in [0.15, 0.2) is 24.3 Å². The summed E-state index contributed by atoms with van der Waals surface area (Å²) in [6.07, 6.45) is 4.57. The van der Waals surface area contributed by atoms with E-state index in [1.54, 1.807) is 0 Å². The highest BCUT2D eigenvalue weighted by atomic mass is 15.0. The maximum Gasteiger partial charge on any atom is 0.129 e. The minimum absolute atomic E-state index is 1.02. The van der Waals surface area contributed by atoms with E-state index >= 15 is 0 Å². The van der Waals surface area contributed by atoms with Gasteiger partial charge in [0.2, 0.25) is 0 Å². The number of fused-ring (bicyclic) bond motifs is 1. The van der Waals surface area contributed by atoms with Crippen molar-refractivity contribution in [2.45, 2.75) is 39.5 Å². The molecule has 2 heteroatoms. The van der Waals surface area contributed by atoms with Crippen molar-refractivity contribution < 1.29 is 0 Å². The fraction of sp³-hybridized carbons (Fsp3) is 0.438. The van der Waals surface area contributed by atoms with E-state index in [9.17, 15) is 0 Å². The maximum atomic E-state index is 4.70. The smallest absolute Gasteiger partial charge is 0.129 e. The molecule has 2 nitrogen and oxygen atoms in total. The number of hydrogen-bond acceptors (Lipinski definition) is 2. The average molecular weight is 242 g/mol.